The van der Waals surface area contributed by atoms with Crippen LogP contribution < -0.4 is 10.6 Å². The third-order valence-electron chi connectivity index (χ3n) is 4.17. The average molecular weight is 286 g/mol. The summed E-state index contributed by atoms with van der Waals surface area (Å²) in [6.45, 7) is 8.15. The summed E-state index contributed by atoms with van der Waals surface area (Å²) in [5, 5.41) is 6.87. The van der Waals surface area contributed by atoms with E-state index in [0.29, 0.717) is 0 Å². The van der Waals surface area contributed by atoms with Gasteiger partial charge in [-0.05, 0) is 46.1 Å². The van der Waals surface area contributed by atoms with Crippen molar-refractivity contribution in [1.82, 2.24) is 10.6 Å². The Morgan fingerprint density at radius 2 is 2.00 bits per heavy atom. The van der Waals surface area contributed by atoms with Gasteiger partial charge in [0, 0.05) is 23.2 Å². The number of carbonyl (C=O) groups is 1. The lowest BCUT2D eigenvalue weighted by molar-refractivity contribution is -0.118. The fourth-order valence-corrected chi connectivity index (χ4v) is 3.02. The number of allylic oxidation sites excluding steroid dienone is 1. The highest BCUT2D eigenvalue weighted by molar-refractivity contribution is 5.92. The van der Waals surface area contributed by atoms with Crippen LogP contribution in [0.25, 0.3) is 0 Å². The molecule has 1 saturated heterocycles. The Balaban J connectivity index is 2.11. The lowest BCUT2D eigenvalue weighted by Crippen LogP contribution is -2.54. The van der Waals surface area contributed by atoms with Gasteiger partial charge in [-0.25, -0.2) is 0 Å². The molecule has 2 unspecified atom stereocenters. The largest absolute Gasteiger partial charge is 0.349 e. The van der Waals surface area contributed by atoms with Crippen molar-refractivity contribution in [2.24, 2.45) is 0 Å². The molecule has 1 aromatic rings. The quantitative estimate of drug-likeness (QED) is 0.837. The lowest BCUT2D eigenvalue weighted by atomic mass is 9.83. The van der Waals surface area contributed by atoms with Crippen molar-refractivity contribution >= 4 is 5.91 Å². The average Bonchev–Trinajstić information content (AvgIpc) is 2.45. The molecular formula is C18H26N2O. The van der Waals surface area contributed by atoms with E-state index in [2.05, 4.69) is 48.7 Å². The normalized spacial score (nSPS) is 25.4. The third kappa shape index (κ3) is 4.18. The van der Waals surface area contributed by atoms with E-state index >= 15 is 0 Å². The summed E-state index contributed by atoms with van der Waals surface area (Å²) in [5.74, 6) is 0.0482. The molecule has 1 aromatic carbocycles. The van der Waals surface area contributed by atoms with E-state index < -0.39 is 0 Å². The first-order valence-corrected chi connectivity index (χ1v) is 7.68. The monoisotopic (exact) mass is 286 g/mol. The van der Waals surface area contributed by atoms with E-state index in [0.717, 1.165) is 18.4 Å². The maximum Gasteiger partial charge on any atom is 0.246 e. The molecule has 21 heavy (non-hydrogen) atoms. The van der Waals surface area contributed by atoms with Crippen molar-refractivity contribution < 1.29 is 4.79 Å². The molecule has 2 atom stereocenters. The molecule has 0 bridgehead atoms. The number of amides is 1. The maximum atomic E-state index is 12.1. The van der Waals surface area contributed by atoms with Crippen LogP contribution in [0.2, 0.25) is 0 Å². The molecule has 3 nitrogen and oxygen atoms in total. The van der Waals surface area contributed by atoms with Crippen LogP contribution in [0.15, 0.2) is 42.0 Å². The fourth-order valence-electron chi connectivity index (χ4n) is 3.02. The Morgan fingerprint density at radius 1 is 1.33 bits per heavy atom. The highest BCUT2D eigenvalue weighted by Gasteiger charge is 2.34. The first-order chi connectivity index (χ1) is 9.91. The van der Waals surface area contributed by atoms with E-state index in [1.807, 2.05) is 26.0 Å². The molecule has 114 valence electrons. The van der Waals surface area contributed by atoms with Crippen LogP contribution in [0.3, 0.4) is 0 Å². The van der Waals surface area contributed by atoms with Crippen LogP contribution in [0.5, 0.6) is 0 Å². The zero-order valence-electron chi connectivity index (χ0n) is 13.4. The first kappa shape index (κ1) is 15.8. The van der Waals surface area contributed by atoms with Crippen LogP contribution in [0, 0.1) is 0 Å². The van der Waals surface area contributed by atoms with Crippen molar-refractivity contribution in [3.05, 3.63) is 47.5 Å². The van der Waals surface area contributed by atoms with Gasteiger partial charge in [-0.2, -0.15) is 0 Å². The summed E-state index contributed by atoms with van der Waals surface area (Å²) in [4.78, 5) is 12.1. The highest BCUT2D eigenvalue weighted by Crippen LogP contribution is 2.31. The van der Waals surface area contributed by atoms with E-state index in [1.165, 1.54) is 5.56 Å². The van der Waals surface area contributed by atoms with Crippen LogP contribution in [0.4, 0.5) is 0 Å². The van der Waals surface area contributed by atoms with Gasteiger partial charge in [0.15, 0.2) is 0 Å². The maximum absolute atomic E-state index is 12.1. The molecule has 2 N–H and O–H groups in total. The van der Waals surface area contributed by atoms with Gasteiger partial charge in [0.25, 0.3) is 0 Å². The van der Waals surface area contributed by atoms with Crippen molar-refractivity contribution in [2.75, 3.05) is 0 Å². The van der Waals surface area contributed by atoms with Gasteiger partial charge in [0.05, 0.1) is 0 Å². The number of nitrogens with one attached hydrogen (secondary N) is 2. The molecule has 1 heterocycles. The molecule has 0 spiro atoms. The molecule has 3 heteroatoms. The lowest BCUT2D eigenvalue weighted by Gasteiger charge is -2.42. The summed E-state index contributed by atoms with van der Waals surface area (Å²) in [5.41, 5.74) is 2.08. The van der Waals surface area contributed by atoms with E-state index in [-0.39, 0.29) is 23.5 Å². The molecule has 1 fully saturated rings. The predicted molar refractivity (Wildman–Crippen MR) is 87.0 cm³/mol. The van der Waals surface area contributed by atoms with Crippen LogP contribution in [-0.4, -0.2) is 17.5 Å². The summed E-state index contributed by atoms with van der Waals surface area (Å²) < 4.78 is 0. The van der Waals surface area contributed by atoms with Crippen molar-refractivity contribution in [1.29, 1.82) is 0 Å². The second-order valence-electron chi connectivity index (χ2n) is 6.57. The summed E-state index contributed by atoms with van der Waals surface area (Å²) in [6.07, 6.45) is 3.73. The SMILES string of the molecule is CC=C(C)C(=O)NC1CC(c2ccccc2)NC(C)(C)C1. The van der Waals surface area contributed by atoms with Crippen LogP contribution in [0.1, 0.15) is 52.1 Å². The molecule has 1 amide bonds. The molecule has 1 aliphatic heterocycles. The third-order valence-corrected chi connectivity index (χ3v) is 4.17. The minimum absolute atomic E-state index is 0.0144. The van der Waals surface area contributed by atoms with Gasteiger partial charge in [0.2, 0.25) is 5.91 Å². The summed E-state index contributed by atoms with van der Waals surface area (Å²) in [6, 6.07) is 10.9. The first-order valence-electron chi connectivity index (χ1n) is 7.68. The smallest absolute Gasteiger partial charge is 0.246 e. The summed E-state index contributed by atoms with van der Waals surface area (Å²) >= 11 is 0. The van der Waals surface area contributed by atoms with Gasteiger partial charge in [0.1, 0.15) is 0 Å². The minimum Gasteiger partial charge on any atom is -0.349 e. The molecule has 0 saturated carbocycles. The van der Waals surface area contributed by atoms with Crippen molar-refractivity contribution in [2.45, 2.75) is 58.2 Å². The molecule has 2 rings (SSSR count). The number of benzene rings is 1. The van der Waals surface area contributed by atoms with Gasteiger partial charge >= 0.3 is 0 Å². The Bertz CT molecular complexity index is 519. The topological polar surface area (TPSA) is 41.1 Å². The highest BCUT2D eigenvalue weighted by atomic mass is 16.1. The standard InChI is InChI=1S/C18H26N2O/c1-5-13(2)17(21)19-15-11-16(20-18(3,4)12-15)14-9-7-6-8-10-14/h5-10,15-16,20H,11-12H2,1-4H3,(H,19,21). The Labute approximate surface area is 127 Å². The fraction of sp³-hybridized carbons (Fsp3) is 0.500. The molecule has 0 aromatic heterocycles. The van der Waals surface area contributed by atoms with E-state index in [9.17, 15) is 4.79 Å². The van der Waals surface area contributed by atoms with Crippen LogP contribution in [-0.2, 0) is 4.79 Å². The van der Waals surface area contributed by atoms with Crippen molar-refractivity contribution in [3.63, 3.8) is 0 Å². The zero-order valence-corrected chi connectivity index (χ0v) is 13.4. The molecular weight excluding hydrogens is 260 g/mol. The predicted octanol–water partition coefficient (Wildman–Crippen LogP) is 3.34. The van der Waals surface area contributed by atoms with Crippen molar-refractivity contribution in [3.8, 4) is 0 Å². The number of rotatable bonds is 3. The Hall–Kier alpha value is -1.61. The Kier molecular flexibility index (Phi) is 4.84. The zero-order chi connectivity index (χ0) is 15.5. The summed E-state index contributed by atoms with van der Waals surface area (Å²) in [7, 11) is 0. The van der Waals surface area contributed by atoms with Gasteiger partial charge < -0.3 is 10.6 Å². The number of carbonyl (C=O) groups excluding carboxylic acids is 1. The Morgan fingerprint density at radius 3 is 2.62 bits per heavy atom. The number of hydrogen-bond acceptors (Lipinski definition) is 2. The van der Waals surface area contributed by atoms with E-state index in [4.69, 9.17) is 0 Å². The van der Waals surface area contributed by atoms with Gasteiger partial charge in [-0.15, -0.1) is 0 Å². The second-order valence-corrected chi connectivity index (χ2v) is 6.57. The second kappa shape index (κ2) is 6.44. The molecule has 0 radical (unpaired) electrons. The molecule has 0 aliphatic carbocycles. The van der Waals surface area contributed by atoms with Gasteiger partial charge in [-0.3, -0.25) is 4.79 Å². The van der Waals surface area contributed by atoms with E-state index in [1.54, 1.807) is 0 Å². The number of hydrogen-bond donors (Lipinski definition) is 2. The van der Waals surface area contributed by atoms with Gasteiger partial charge in [-0.1, -0.05) is 36.4 Å². The minimum atomic E-state index is 0.0144. The molecule has 1 aliphatic rings. The number of piperidine rings is 1. The van der Waals surface area contributed by atoms with Crippen LogP contribution >= 0.6 is 0 Å².